The molecule has 1 aliphatic rings. The summed E-state index contributed by atoms with van der Waals surface area (Å²) in [5.74, 6) is 1.62. The van der Waals surface area contributed by atoms with Crippen LogP contribution in [0.1, 0.15) is 23.4 Å². The highest BCUT2D eigenvalue weighted by molar-refractivity contribution is 7.18. The summed E-state index contributed by atoms with van der Waals surface area (Å²) in [7, 11) is 0. The lowest BCUT2D eigenvalue weighted by molar-refractivity contribution is -0.116. The molecule has 0 atom stereocenters. The van der Waals surface area contributed by atoms with Crippen molar-refractivity contribution < 1.29 is 14.3 Å². The number of carbonyl (C=O) groups excluding carboxylic acids is 1. The van der Waals surface area contributed by atoms with Gasteiger partial charge in [0, 0.05) is 12.1 Å². The van der Waals surface area contributed by atoms with Gasteiger partial charge in [0.2, 0.25) is 5.91 Å². The maximum atomic E-state index is 12.2. The van der Waals surface area contributed by atoms with Crippen molar-refractivity contribution in [2.24, 2.45) is 0 Å². The molecule has 6 heteroatoms. The van der Waals surface area contributed by atoms with E-state index in [9.17, 15) is 4.79 Å². The summed E-state index contributed by atoms with van der Waals surface area (Å²) in [4.78, 5) is 16.7. The molecule has 1 aromatic heterocycles. The van der Waals surface area contributed by atoms with E-state index in [4.69, 9.17) is 9.47 Å². The highest BCUT2D eigenvalue weighted by Gasteiger charge is 2.12. The molecule has 3 aromatic rings. The largest absolute Gasteiger partial charge is 0.486 e. The number of fused-ring (bicyclic) bond motifs is 2. The van der Waals surface area contributed by atoms with E-state index in [0.29, 0.717) is 19.6 Å². The molecule has 0 unspecified atom stereocenters. The Morgan fingerprint density at radius 3 is 2.88 bits per heavy atom. The summed E-state index contributed by atoms with van der Waals surface area (Å²) < 4.78 is 12.3. The van der Waals surface area contributed by atoms with Gasteiger partial charge in [0.15, 0.2) is 11.5 Å². The first-order valence-corrected chi connectivity index (χ1v) is 9.54. The van der Waals surface area contributed by atoms with E-state index in [0.717, 1.165) is 50.8 Å². The van der Waals surface area contributed by atoms with E-state index in [1.807, 2.05) is 43.3 Å². The smallest absolute Gasteiger partial charge is 0.224 e. The molecule has 0 saturated heterocycles. The number of carbonyl (C=O) groups is 1. The number of hydrogen-bond acceptors (Lipinski definition) is 5. The Morgan fingerprint density at radius 1 is 1.15 bits per heavy atom. The quantitative estimate of drug-likeness (QED) is 0.728. The number of ether oxygens (including phenoxy) is 2. The minimum atomic E-state index is 0.0221. The second-order valence-electron chi connectivity index (χ2n) is 6.30. The summed E-state index contributed by atoms with van der Waals surface area (Å²) in [5, 5.41) is 3.99. The Bertz CT molecular complexity index is 951. The number of amides is 1. The maximum Gasteiger partial charge on any atom is 0.224 e. The lowest BCUT2D eigenvalue weighted by Crippen LogP contribution is -2.15. The third-order valence-electron chi connectivity index (χ3n) is 4.25. The molecule has 1 aliphatic heterocycles. The molecule has 2 heterocycles. The van der Waals surface area contributed by atoms with Gasteiger partial charge in [-0.05, 0) is 55.7 Å². The van der Waals surface area contributed by atoms with Crippen LogP contribution in [0.2, 0.25) is 0 Å². The average Bonchev–Trinajstić information content (AvgIpc) is 3.01. The van der Waals surface area contributed by atoms with Crippen molar-refractivity contribution in [2.75, 3.05) is 18.5 Å². The number of benzene rings is 2. The molecule has 4 rings (SSSR count). The lowest BCUT2D eigenvalue weighted by Gasteiger charge is -2.18. The predicted octanol–water partition coefficient (Wildman–Crippen LogP) is 4.34. The lowest BCUT2D eigenvalue weighted by atomic mass is 10.1. The number of nitrogens with one attached hydrogen (secondary N) is 1. The van der Waals surface area contributed by atoms with Gasteiger partial charge in [-0.1, -0.05) is 6.07 Å². The molecule has 0 radical (unpaired) electrons. The fourth-order valence-electron chi connectivity index (χ4n) is 3.04. The first kappa shape index (κ1) is 16.8. The highest BCUT2D eigenvalue weighted by atomic mass is 32.1. The van der Waals surface area contributed by atoms with Gasteiger partial charge in [-0.25, -0.2) is 4.98 Å². The molecule has 0 bridgehead atoms. The van der Waals surface area contributed by atoms with Crippen LogP contribution in [-0.4, -0.2) is 24.1 Å². The van der Waals surface area contributed by atoms with Crippen LogP contribution in [-0.2, 0) is 11.2 Å². The number of thiazole rings is 1. The van der Waals surface area contributed by atoms with Gasteiger partial charge in [0.05, 0.1) is 15.2 Å². The van der Waals surface area contributed by atoms with Crippen molar-refractivity contribution in [2.45, 2.75) is 26.2 Å². The number of hydrogen-bond donors (Lipinski definition) is 1. The van der Waals surface area contributed by atoms with E-state index >= 15 is 0 Å². The number of anilines is 1. The van der Waals surface area contributed by atoms with Crippen LogP contribution < -0.4 is 14.8 Å². The van der Waals surface area contributed by atoms with Crippen LogP contribution in [0.5, 0.6) is 11.5 Å². The number of nitrogens with zero attached hydrogens (tertiary/aromatic N) is 1. The van der Waals surface area contributed by atoms with Crippen molar-refractivity contribution in [3.8, 4) is 11.5 Å². The van der Waals surface area contributed by atoms with Gasteiger partial charge in [-0.3, -0.25) is 4.79 Å². The second-order valence-corrected chi connectivity index (χ2v) is 7.53. The van der Waals surface area contributed by atoms with Gasteiger partial charge in [-0.15, -0.1) is 11.3 Å². The molecule has 0 fully saturated rings. The first-order chi connectivity index (χ1) is 12.7. The second kappa shape index (κ2) is 7.33. The molecule has 134 valence electrons. The molecule has 0 spiro atoms. The third-order valence-corrected chi connectivity index (χ3v) is 5.21. The fourth-order valence-corrected chi connectivity index (χ4v) is 3.85. The van der Waals surface area contributed by atoms with Crippen LogP contribution >= 0.6 is 11.3 Å². The zero-order valence-electron chi connectivity index (χ0n) is 14.6. The number of aryl methyl sites for hydroxylation is 2. The van der Waals surface area contributed by atoms with E-state index in [-0.39, 0.29) is 5.91 Å². The van der Waals surface area contributed by atoms with Gasteiger partial charge < -0.3 is 14.8 Å². The van der Waals surface area contributed by atoms with Crippen molar-refractivity contribution in [1.29, 1.82) is 0 Å². The standard InChI is InChI=1S/C20H20N2O3S/c1-13-21-16-12-15(6-8-19(16)26-13)22-20(23)4-2-3-14-5-7-17-18(11-14)25-10-9-24-17/h5-8,11-12H,2-4,9-10H2,1H3,(H,22,23). The molecule has 1 amide bonds. The van der Waals surface area contributed by atoms with Crippen LogP contribution in [0, 0.1) is 6.92 Å². The van der Waals surface area contributed by atoms with Gasteiger partial charge >= 0.3 is 0 Å². The molecule has 0 aliphatic carbocycles. The summed E-state index contributed by atoms with van der Waals surface area (Å²) in [6, 6.07) is 11.8. The minimum Gasteiger partial charge on any atom is -0.486 e. The molecular formula is C20H20N2O3S. The van der Waals surface area contributed by atoms with E-state index in [1.165, 1.54) is 0 Å². The van der Waals surface area contributed by atoms with E-state index < -0.39 is 0 Å². The van der Waals surface area contributed by atoms with E-state index in [1.54, 1.807) is 11.3 Å². The van der Waals surface area contributed by atoms with Crippen molar-refractivity contribution in [1.82, 2.24) is 4.98 Å². The molecule has 1 N–H and O–H groups in total. The van der Waals surface area contributed by atoms with Crippen LogP contribution in [0.15, 0.2) is 36.4 Å². The highest BCUT2D eigenvalue weighted by Crippen LogP contribution is 2.31. The number of rotatable bonds is 5. The zero-order chi connectivity index (χ0) is 17.9. The molecule has 2 aromatic carbocycles. The normalized spacial score (nSPS) is 13.0. The summed E-state index contributed by atoms with van der Waals surface area (Å²) in [5.41, 5.74) is 2.88. The monoisotopic (exact) mass is 368 g/mol. The predicted molar refractivity (Wildman–Crippen MR) is 103 cm³/mol. The Kier molecular flexibility index (Phi) is 4.75. The van der Waals surface area contributed by atoms with Crippen LogP contribution in [0.3, 0.4) is 0 Å². The molecule has 0 saturated carbocycles. The fraction of sp³-hybridized carbons (Fsp3) is 0.300. The Balaban J connectivity index is 1.30. The van der Waals surface area contributed by atoms with Crippen LogP contribution in [0.25, 0.3) is 10.2 Å². The SMILES string of the molecule is Cc1nc2cc(NC(=O)CCCc3ccc4c(c3)OCCO4)ccc2s1. The topological polar surface area (TPSA) is 60.5 Å². The summed E-state index contributed by atoms with van der Waals surface area (Å²) in [6.45, 7) is 3.17. The molecule has 26 heavy (non-hydrogen) atoms. The molecule has 5 nitrogen and oxygen atoms in total. The van der Waals surface area contributed by atoms with Gasteiger partial charge in [0.1, 0.15) is 13.2 Å². The van der Waals surface area contributed by atoms with Crippen molar-refractivity contribution >= 4 is 33.1 Å². The van der Waals surface area contributed by atoms with E-state index in [2.05, 4.69) is 10.3 Å². The summed E-state index contributed by atoms with van der Waals surface area (Å²) in [6.07, 6.45) is 2.08. The van der Waals surface area contributed by atoms with Crippen molar-refractivity contribution in [3.05, 3.63) is 47.0 Å². The number of aromatic nitrogens is 1. The van der Waals surface area contributed by atoms with Crippen molar-refractivity contribution in [3.63, 3.8) is 0 Å². The molecular weight excluding hydrogens is 348 g/mol. The third kappa shape index (κ3) is 3.80. The average molecular weight is 368 g/mol. The first-order valence-electron chi connectivity index (χ1n) is 8.73. The Labute approximate surface area is 156 Å². The zero-order valence-corrected chi connectivity index (χ0v) is 15.4. The Hall–Kier alpha value is -2.60. The van der Waals surface area contributed by atoms with Gasteiger partial charge in [-0.2, -0.15) is 0 Å². The Morgan fingerprint density at radius 2 is 2.00 bits per heavy atom. The minimum absolute atomic E-state index is 0.0221. The van der Waals surface area contributed by atoms with Gasteiger partial charge in [0.25, 0.3) is 0 Å². The maximum absolute atomic E-state index is 12.2. The van der Waals surface area contributed by atoms with Crippen LogP contribution in [0.4, 0.5) is 5.69 Å². The summed E-state index contributed by atoms with van der Waals surface area (Å²) >= 11 is 1.66.